The van der Waals surface area contributed by atoms with Gasteiger partial charge in [-0.2, -0.15) is 0 Å². The van der Waals surface area contributed by atoms with Crippen LogP contribution in [0.25, 0.3) is 10.4 Å². The number of carbonyl (C=O) groups excluding carboxylic acids is 2. The highest BCUT2D eigenvalue weighted by atomic mass is 32.1. The fourth-order valence-corrected chi connectivity index (χ4v) is 4.30. The van der Waals surface area contributed by atoms with Crippen molar-refractivity contribution in [1.82, 2.24) is 0 Å². The van der Waals surface area contributed by atoms with E-state index in [1.807, 2.05) is 6.07 Å². The van der Waals surface area contributed by atoms with Crippen molar-refractivity contribution in [3.8, 4) is 10.4 Å². The minimum Gasteiger partial charge on any atom is -0.465 e. The number of nitrogens with one attached hydrogen (secondary N) is 2. The van der Waals surface area contributed by atoms with Crippen LogP contribution in [-0.2, 0) is 19.7 Å². The molecule has 0 saturated carbocycles. The molecule has 0 spiro atoms. The van der Waals surface area contributed by atoms with Crippen LogP contribution in [0.4, 0.5) is 5.69 Å². The summed E-state index contributed by atoms with van der Waals surface area (Å²) in [5.74, 6) is -0.555. The number of hydrogen-bond donors (Lipinski definition) is 2. The zero-order valence-electron chi connectivity index (χ0n) is 17.5. The molecular formula is C22H29N2O4S+. The molecule has 1 aliphatic heterocycles. The Morgan fingerprint density at radius 2 is 1.83 bits per heavy atom. The standard InChI is InChI=1S/C22H28N2O4S/c1-22(2,3)16-7-5-15(6-8-16)18-13-17(20(29-18)21(26)27-4)23-19(25)14-24-9-11-28-12-10-24/h5-8,13H,9-12,14H2,1-4H3,(H,23,25)/p+1. The second-order valence-corrected chi connectivity index (χ2v) is 9.31. The van der Waals surface area contributed by atoms with Gasteiger partial charge >= 0.3 is 5.97 Å². The van der Waals surface area contributed by atoms with Gasteiger partial charge in [-0.05, 0) is 22.6 Å². The van der Waals surface area contributed by atoms with E-state index in [9.17, 15) is 9.59 Å². The number of ether oxygens (including phenoxy) is 2. The smallest absolute Gasteiger partial charge is 0.350 e. The molecular weight excluding hydrogens is 388 g/mol. The van der Waals surface area contributed by atoms with Gasteiger partial charge in [-0.1, -0.05) is 45.0 Å². The lowest BCUT2D eigenvalue weighted by Crippen LogP contribution is -3.15. The highest BCUT2D eigenvalue weighted by Gasteiger charge is 2.23. The third kappa shape index (κ3) is 5.44. The molecule has 0 bridgehead atoms. The molecule has 1 aromatic heterocycles. The SMILES string of the molecule is COC(=O)c1sc(-c2ccc(C(C)(C)C)cc2)cc1NC(=O)C[NH+]1CCOCC1. The molecule has 2 heterocycles. The van der Waals surface area contributed by atoms with E-state index in [2.05, 4.69) is 50.4 Å². The number of esters is 1. The van der Waals surface area contributed by atoms with Gasteiger partial charge in [0.2, 0.25) is 0 Å². The maximum absolute atomic E-state index is 12.5. The lowest BCUT2D eigenvalue weighted by molar-refractivity contribution is -0.899. The second-order valence-electron chi connectivity index (χ2n) is 8.26. The van der Waals surface area contributed by atoms with Gasteiger partial charge in [-0.15, -0.1) is 11.3 Å². The molecule has 2 N–H and O–H groups in total. The fourth-order valence-electron chi connectivity index (χ4n) is 3.26. The van der Waals surface area contributed by atoms with Crippen LogP contribution in [0.15, 0.2) is 30.3 Å². The van der Waals surface area contributed by atoms with E-state index >= 15 is 0 Å². The van der Waals surface area contributed by atoms with Crippen molar-refractivity contribution < 1.29 is 24.0 Å². The number of morpholine rings is 1. The van der Waals surface area contributed by atoms with E-state index in [1.165, 1.54) is 28.9 Å². The Bertz CT molecular complexity index is 862. The largest absolute Gasteiger partial charge is 0.465 e. The number of hydrogen-bond acceptors (Lipinski definition) is 5. The Kier molecular flexibility index (Phi) is 6.72. The Hall–Kier alpha value is -2.22. The summed E-state index contributed by atoms with van der Waals surface area (Å²) in [4.78, 5) is 27.3. The number of quaternary nitrogens is 1. The van der Waals surface area contributed by atoms with Crippen LogP contribution in [0.1, 0.15) is 36.0 Å². The van der Waals surface area contributed by atoms with Crippen molar-refractivity contribution in [1.29, 1.82) is 0 Å². The minimum absolute atomic E-state index is 0.0755. The summed E-state index contributed by atoms with van der Waals surface area (Å²) < 4.78 is 10.3. The Labute approximate surface area is 175 Å². The predicted molar refractivity (Wildman–Crippen MR) is 115 cm³/mol. The second kappa shape index (κ2) is 9.07. The highest BCUT2D eigenvalue weighted by Crippen LogP contribution is 2.36. The molecule has 6 nitrogen and oxygen atoms in total. The summed E-state index contributed by atoms with van der Waals surface area (Å²) in [6.07, 6.45) is 0. The van der Waals surface area contributed by atoms with Crippen molar-refractivity contribution in [3.05, 3.63) is 40.8 Å². The van der Waals surface area contributed by atoms with E-state index in [4.69, 9.17) is 9.47 Å². The Morgan fingerprint density at radius 1 is 1.17 bits per heavy atom. The van der Waals surface area contributed by atoms with Crippen LogP contribution in [0.2, 0.25) is 0 Å². The molecule has 7 heteroatoms. The summed E-state index contributed by atoms with van der Waals surface area (Å²) in [6, 6.07) is 10.2. The normalized spacial score (nSPS) is 15.2. The molecule has 1 saturated heterocycles. The van der Waals surface area contributed by atoms with Crippen molar-refractivity contribution in [2.45, 2.75) is 26.2 Å². The molecule has 29 heavy (non-hydrogen) atoms. The average Bonchev–Trinajstić information content (AvgIpc) is 3.11. The maximum atomic E-state index is 12.5. The first kappa shape index (κ1) is 21.5. The average molecular weight is 418 g/mol. The van der Waals surface area contributed by atoms with Crippen LogP contribution in [0.3, 0.4) is 0 Å². The molecule has 0 aliphatic carbocycles. The third-order valence-electron chi connectivity index (χ3n) is 5.02. The summed E-state index contributed by atoms with van der Waals surface area (Å²) in [5.41, 5.74) is 2.83. The number of anilines is 1. The van der Waals surface area contributed by atoms with E-state index in [0.717, 1.165) is 23.5 Å². The number of amides is 1. The number of rotatable bonds is 5. The van der Waals surface area contributed by atoms with Gasteiger partial charge in [-0.3, -0.25) is 4.79 Å². The molecule has 1 fully saturated rings. The quantitative estimate of drug-likeness (QED) is 0.733. The summed E-state index contributed by atoms with van der Waals surface area (Å²) in [5, 5.41) is 2.91. The van der Waals surface area contributed by atoms with Gasteiger partial charge in [-0.25, -0.2) is 4.79 Å². The van der Waals surface area contributed by atoms with E-state index < -0.39 is 5.97 Å². The molecule has 3 rings (SSSR count). The number of thiophene rings is 1. The molecule has 2 aromatic rings. The Morgan fingerprint density at radius 3 is 2.41 bits per heavy atom. The summed E-state index contributed by atoms with van der Waals surface area (Å²) >= 11 is 1.33. The van der Waals surface area contributed by atoms with Crippen molar-refractivity contribution in [3.63, 3.8) is 0 Å². The number of benzene rings is 1. The molecule has 156 valence electrons. The van der Waals surface area contributed by atoms with Gasteiger partial charge in [0, 0.05) is 4.88 Å². The predicted octanol–water partition coefficient (Wildman–Crippen LogP) is 2.35. The van der Waals surface area contributed by atoms with E-state index in [-0.39, 0.29) is 11.3 Å². The van der Waals surface area contributed by atoms with Gasteiger partial charge < -0.3 is 19.7 Å². The monoisotopic (exact) mass is 417 g/mol. The van der Waals surface area contributed by atoms with Crippen LogP contribution < -0.4 is 10.2 Å². The van der Waals surface area contributed by atoms with Crippen LogP contribution in [0, 0.1) is 0 Å². The zero-order valence-corrected chi connectivity index (χ0v) is 18.3. The first-order chi connectivity index (χ1) is 13.8. The molecule has 0 atom stereocenters. The summed E-state index contributed by atoms with van der Waals surface area (Å²) in [6.45, 7) is 9.84. The summed E-state index contributed by atoms with van der Waals surface area (Å²) in [7, 11) is 1.35. The van der Waals surface area contributed by atoms with E-state index in [1.54, 1.807) is 0 Å². The van der Waals surface area contributed by atoms with Crippen molar-refractivity contribution in [2.75, 3.05) is 45.3 Å². The van der Waals surface area contributed by atoms with Gasteiger partial charge in [0.15, 0.2) is 6.54 Å². The van der Waals surface area contributed by atoms with Gasteiger partial charge in [0.1, 0.15) is 18.0 Å². The molecule has 1 aliphatic rings. The van der Waals surface area contributed by atoms with Crippen LogP contribution >= 0.6 is 11.3 Å². The van der Waals surface area contributed by atoms with E-state index in [0.29, 0.717) is 30.3 Å². The van der Waals surface area contributed by atoms with Crippen LogP contribution in [0.5, 0.6) is 0 Å². The first-order valence-electron chi connectivity index (χ1n) is 9.82. The lowest BCUT2D eigenvalue weighted by Gasteiger charge is -2.23. The number of carbonyl (C=O) groups is 2. The lowest BCUT2D eigenvalue weighted by atomic mass is 9.86. The van der Waals surface area contributed by atoms with Crippen molar-refractivity contribution in [2.24, 2.45) is 0 Å². The van der Waals surface area contributed by atoms with Crippen molar-refractivity contribution >= 4 is 28.9 Å². The highest BCUT2D eigenvalue weighted by molar-refractivity contribution is 7.18. The minimum atomic E-state index is -0.443. The van der Waals surface area contributed by atoms with Crippen LogP contribution in [-0.4, -0.2) is 51.8 Å². The first-order valence-corrected chi connectivity index (χ1v) is 10.6. The molecule has 1 aromatic carbocycles. The van der Waals surface area contributed by atoms with Gasteiger partial charge in [0.25, 0.3) is 5.91 Å². The maximum Gasteiger partial charge on any atom is 0.350 e. The molecule has 0 radical (unpaired) electrons. The number of methoxy groups -OCH3 is 1. The topological polar surface area (TPSA) is 69.1 Å². The zero-order chi connectivity index (χ0) is 21.0. The third-order valence-corrected chi connectivity index (χ3v) is 6.19. The molecule has 0 unspecified atom stereocenters. The Balaban J connectivity index is 1.80. The fraction of sp³-hybridized carbons (Fsp3) is 0.455. The molecule has 1 amide bonds. The van der Waals surface area contributed by atoms with Gasteiger partial charge in [0.05, 0.1) is 26.0 Å².